The Morgan fingerprint density at radius 1 is 1.20 bits per heavy atom. The maximum Gasteiger partial charge on any atom is 0.0385 e. The van der Waals surface area contributed by atoms with E-state index in [1.165, 1.54) is 45.1 Å². The lowest BCUT2D eigenvalue weighted by Gasteiger charge is -2.28. The molecule has 0 radical (unpaired) electrons. The van der Waals surface area contributed by atoms with Gasteiger partial charge in [0.25, 0.3) is 0 Å². The van der Waals surface area contributed by atoms with Gasteiger partial charge in [0.2, 0.25) is 0 Å². The molecule has 1 unspecified atom stereocenters. The molecule has 0 aromatic heterocycles. The predicted octanol–water partition coefficient (Wildman–Crippen LogP) is 2.95. The fourth-order valence-electron chi connectivity index (χ4n) is 3.22. The standard InChI is InChI=1S/C11H20N4/c12-14-13-7-9-15-8-3-6-11(15)10-4-1-2-5-10/h10-11H,1-9H2. The van der Waals surface area contributed by atoms with Crippen molar-refractivity contribution in [3.8, 4) is 0 Å². The molecule has 4 nitrogen and oxygen atoms in total. The van der Waals surface area contributed by atoms with Gasteiger partial charge in [-0.2, -0.15) is 0 Å². The molecule has 1 saturated heterocycles. The third-order valence-corrected chi connectivity index (χ3v) is 3.91. The van der Waals surface area contributed by atoms with Gasteiger partial charge in [0.1, 0.15) is 0 Å². The number of hydrogen-bond acceptors (Lipinski definition) is 2. The van der Waals surface area contributed by atoms with E-state index in [9.17, 15) is 0 Å². The molecule has 1 atom stereocenters. The van der Waals surface area contributed by atoms with Gasteiger partial charge >= 0.3 is 0 Å². The third-order valence-electron chi connectivity index (χ3n) is 3.91. The molecule has 0 N–H and O–H groups in total. The van der Waals surface area contributed by atoms with Crippen LogP contribution in [0.1, 0.15) is 38.5 Å². The third kappa shape index (κ3) is 2.64. The van der Waals surface area contributed by atoms with Gasteiger partial charge in [0.05, 0.1) is 0 Å². The minimum atomic E-state index is 0.639. The largest absolute Gasteiger partial charge is 0.300 e. The van der Waals surface area contributed by atoms with Crippen molar-refractivity contribution in [2.75, 3.05) is 19.6 Å². The van der Waals surface area contributed by atoms with Gasteiger partial charge in [-0.25, -0.2) is 0 Å². The molecule has 1 aliphatic heterocycles. The monoisotopic (exact) mass is 208 g/mol. The second kappa shape index (κ2) is 5.38. The van der Waals surface area contributed by atoms with Crippen LogP contribution in [0.15, 0.2) is 5.11 Å². The van der Waals surface area contributed by atoms with E-state index in [0.29, 0.717) is 6.54 Å². The first-order valence-electron chi connectivity index (χ1n) is 6.16. The highest BCUT2D eigenvalue weighted by Gasteiger charge is 2.32. The van der Waals surface area contributed by atoms with Crippen molar-refractivity contribution in [1.29, 1.82) is 0 Å². The Kier molecular flexibility index (Phi) is 3.87. The molecule has 84 valence electrons. The molecule has 0 amide bonds. The van der Waals surface area contributed by atoms with E-state index in [1.807, 2.05) is 0 Å². The first-order chi connectivity index (χ1) is 7.42. The molecular weight excluding hydrogens is 188 g/mol. The molecule has 0 aromatic carbocycles. The minimum Gasteiger partial charge on any atom is -0.300 e. The molecule has 15 heavy (non-hydrogen) atoms. The fraction of sp³-hybridized carbons (Fsp3) is 1.00. The Labute approximate surface area is 91.3 Å². The minimum absolute atomic E-state index is 0.639. The summed E-state index contributed by atoms with van der Waals surface area (Å²) in [6.45, 7) is 2.81. The lowest BCUT2D eigenvalue weighted by atomic mass is 9.96. The first-order valence-corrected chi connectivity index (χ1v) is 6.16. The zero-order chi connectivity index (χ0) is 10.5. The van der Waals surface area contributed by atoms with Crippen molar-refractivity contribution in [3.63, 3.8) is 0 Å². The molecule has 1 aliphatic carbocycles. The van der Waals surface area contributed by atoms with Crippen LogP contribution in [-0.4, -0.2) is 30.6 Å². The van der Waals surface area contributed by atoms with Crippen molar-refractivity contribution >= 4 is 0 Å². The van der Waals surface area contributed by atoms with Gasteiger partial charge in [0, 0.05) is 24.0 Å². The van der Waals surface area contributed by atoms with Crippen LogP contribution in [-0.2, 0) is 0 Å². The summed E-state index contributed by atoms with van der Waals surface area (Å²) in [7, 11) is 0. The Morgan fingerprint density at radius 3 is 2.73 bits per heavy atom. The number of likely N-dealkylation sites (tertiary alicyclic amines) is 1. The van der Waals surface area contributed by atoms with Crippen LogP contribution in [0.25, 0.3) is 10.4 Å². The second-order valence-electron chi connectivity index (χ2n) is 4.74. The van der Waals surface area contributed by atoms with Gasteiger partial charge in [-0.1, -0.05) is 18.0 Å². The van der Waals surface area contributed by atoms with Crippen LogP contribution >= 0.6 is 0 Å². The SMILES string of the molecule is [N-]=[N+]=NCCN1CCCC1C1CCCC1. The van der Waals surface area contributed by atoms with Crippen LogP contribution in [0.5, 0.6) is 0 Å². The van der Waals surface area contributed by atoms with Crippen LogP contribution in [0.3, 0.4) is 0 Å². The Balaban J connectivity index is 1.83. The van der Waals surface area contributed by atoms with Gasteiger partial charge in [-0.05, 0) is 43.7 Å². The van der Waals surface area contributed by atoms with Gasteiger partial charge in [-0.15, -0.1) is 0 Å². The van der Waals surface area contributed by atoms with Crippen molar-refractivity contribution < 1.29 is 0 Å². The highest BCUT2D eigenvalue weighted by Crippen LogP contribution is 2.35. The second-order valence-corrected chi connectivity index (χ2v) is 4.74. The van der Waals surface area contributed by atoms with Crippen LogP contribution in [0.4, 0.5) is 0 Å². The average Bonchev–Trinajstić information content (AvgIpc) is 2.87. The molecule has 2 aliphatic rings. The smallest absolute Gasteiger partial charge is 0.0385 e. The molecule has 1 saturated carbocycles. The van der Waals surface area contributed by atoms with Crippen molar-refractivity contribution in [1.82, 2.24) is 4.90 Å². The van der Waals surface area contributed by atoms with E-state index in [0.717, 1.165) is 18.5 Å². The van der Waals surface area contributed by atoms with Crippen LogP contribution < -0.4 is 0 Å². The van der Waals surface area contributed by atoms with Crippen LogP contribution in [0.2, 0.25) is 0 Å². The summed E-state index contributed by atoms with van der Waals surface area (Å²) in [5.74, 6) is 0.929. The molecular formula is C11H20N4. The highest BCUT2D eigenvalue weighted by molar-refractivity contribution is 4.87. The zero-order valence-corrected chi connectivity index (χ0v) is 9.31. The lowest BCUT2D eigenvalue weighted by Crippen LogP contribution is -2.36. The van der Waals surface area contributed by atoms with Gasteiger partial charge in [0.15, 0.2) is 0 Å². The number of rotatable bonds is 4. The molecule has 0 bridgehead atoms. The Hall–Kier alpha value is -0.730. The summed E-state index contributed by atoms with van der Waals surface area (Å²) in [5, 5.41) is 3.64. The maximum atomic E-state index is 8.26. The molecule has 2 fully saturated rings. The van der Waals surface area contributed by atoms with Crippen molar-refractivity contribution in [3.05, 3.63) is 10.4 Å². The number of hydrogen-bond donors (Lipinski definition) is 0. The Morgan fingerprint density at radius 2 is 2.00 bits per heavy atom. The van der Waals surface area contributed by atoms with Gasteiger partial charge < -0.3 is 0 Å². The van der Waals surface area contributed by atoms with E-state index >= 15 is 0 Å². The first kappa shape index (κ1) is 10.8. The predicted molar refractivity (Wildman–Crippen MR) is 60.6 cm³/mol. The highest BCUT2D eigenvalue weighted by atomic mass is 15.2. The van der Waals surface area contributed by atoms with Crippen LogP contribution in [0, 0.1) is 5.92 Å². The molecule has 0 spiro atoms. The van der Waals surface area contributed by atoms with Crippen molar-refractivity contribution in [2.24, 2.45) is 11.0 Å². The Bertz CT molecular complexity index is 241. The maximum absolute atomic E-state index is 8.26. The van der Waals surface area contributed by atoms with E-state index in [2.05, 4.69) is 14.9 Å². The normalized spacial score (nSPS) is 28.1. The van der Waals surface area contributed by atoms with Gasteiger partial charge in [-0.3, -0.25) is 4.90 Å². The van der Waals surface area contributed by atoms with E-state index in [1.54, 1.807) is 0 Å². The quantitative estimate of drug-likeness (QED) is 0.398. The average molecular weight is 208 g/mol. The van der Waals surface area contributed by atoms with E-state index in [-0.39, 0.29) is 0 Å². The molecule has 1 heterocycles. The summed E-state index contributed by atoms with van der Waals surface area (Å²) in [5.41, 5.74) is 8.26. The summed E-state index contributed by atoms with van der Waals surface area (Å²) in [6, 6.07) is 0.793. The summed E-state index contributed by atoms with van der Waals surface area (Å²) >= 11 is 0. The fourth-order valence-corrected chi connectivity index (χ4v) is 3.22. The topological polar surface area (TPSA) is 52.0 Å². The summed E-state index contributed by atoms with van der Waals surface area (Å²) in [4.78, 5) is 5.36. The lowest BCUT2D eigenvalue weighted by molar-refractivity contribution is 0.195. The molecule has 0 aromatic rings. The summed E-state index contributed by atoms with van der Waals surface area (Å²) in [6.07, 6.45) is 8.38. The number of nitrogens with zero attached hydrogens (tertiary/aromatic N) is 4. The molecule has 4 heteroatoms. The summed E-state index contributed by atoms with van der Waals surface area (Å²) < 4.78 is 0. The molecule has 2 rings (SSSR count). The van der Waals surface area contributed by atoms with Crippen molar-refractivity contribution in [2.45, 2.75) is 44.6 Å². The number of azide groups is 1. The van der Waals surface area contributed by atoms with E-state index in [4.69, 9.17) is 5.53 Å². The van der Waals surface area contributed by atoms with E-state index < -0.39 is 0 Å². The zero-order valence-electron chi connectivity index (χ0n) is 9.31.